The van der Waals surface area contributed by atoms with E-state index in [-0.39, 0.29) is 22.4 Å². The van der Waals surface area contributed by atoms with Crippen LogP contribution in [-0.2, 0) is 14.8 Å². The van der Waals surface area contributed by atoms with Crippen molar-refractivity contribution < 1.29 is 27.2 Å². The Morgan fingerprint density at radius 1 is 0.860 bits per heavy atom. The number of benzene rings is 3. The van der Waals surface area contributed by atoms with Crippen molar-refractivity contribution in [1.82, 2.24) is 20.3 Å². The summed E-state index contributed by atoms with van der Waals surface area (Å²) in [6.07, 6.45) is 0. The van der Waals surface area contributed by atoms with Crippen LogP contribution in [0.25, 0.3) is 22.5 Å². The van der Waals surface area contributed by atoms with Crippen LogP contribution in [0.5, 0.6) is 11.5 Å². The smallest absolute Gasteiger partial charge is 0.263 e. The second-order valence-electron chi connectivity index (χ2n) is 9.04. The first-order valence-electron chi connectivity index (χ1n) is 12.8. The second-order valence-corrected chi connectivity index (χ2v) is 11.7. The number of amides is 1. The van der Waals surface area contributed by atoms with Crippen LogP contribution in [0.15, 0.2) is 93.4 Å². The first kappa shape index (κ1) is 29.5. The number of nitrogens with one attached hydrogen (secondary N) is 2. The molecule has 0 saturated carbocycles. The van der Waals surface area contributed by atoms with Gasteiger partial charge in [-0.15, -0.1) is 10.2 Å². The maximum absolute atomic E-state index is 12.7. The number of rotatable bonds is 11. The SMILES string of the molecule is COc1ccc(-c2nnc(SCC(=O)Nc3ccc(S(=O)(=O)Nc4cc(C)on4)cc3)nc2-c2ccc(OC)cc2)cc1. The van der Waals surface area contributed by atoms with Gasteiger partial charge in [0.1, 0.15) is 28.6 Å². The normalized spacial score (nSPS) is 11.1. The zero-order valence-corrected chi connectivity index (χ0v) is 24.9. The number of thioether (sulfide) groups is 1. The molecule has 2 heterocycles. The van der Waals surface area contributed by atoms with Gasteiger partial charge in [-0.25, -0.2) is 13.4 Å². The summed E-state index contributed by atoms with van der Waals surface area (Å²) in [4.78, 5) is 17.4. The Labute approximate surface area is 251 Å². The van der Waals surface area contributed by atoms with Crippen LogP contribution in [0.3, 0.4) is 0 Å². The van der Waals surface area contributed by atoms with Gasteiger partial charge < -0.3 is 19.3 Å². The second kappa shape index (κ2) is 12.9. The molecule has 220 valence electrons. The first-order valence-corrected chi connectivity index (χ1v) is 15.2. The van der Waals surface area contributed by atoms with Gasteiger partial charge >= 0.3 is 0 Å². The minimum Gasteiger partial charge on any atom is -0.497 e. The Bertz CT molecular complexity index is 1830. The predicted octanol–water partition coefficient (Wildman–Crippen LogP) is 5.05. The van der Waals surface area contributed by atoms with Crippen LogP contribution in [0.4, 0.5) is 11.5 Å². The number of hydrogen-bond donors (Lipinski definition) is 2. The maximum atomic E-state index is 12.7. The van der Waals surface area contributed by atoms with Crippen LogP contribution in [0, 0.1) is 6.92 Å². The number of nitrogens with zero attached hydrogens (tertiary/aromatic N) is 4. The number of hydrogen-bond acceptors (Lipinski definition) is 11. The lowest BCUT2D eigenvalue weighted by molar-refractivity contribution is -0.113. The average molecular weight is 619 g/mol. The number of anilines is 2. The fourth-order valence-corrected chi connectivity index (χ4v) is 5.49. The molecule has 43 heavy (non-hydrogen) atoms. The molecule has 1 amide bonds. The molecule has 5 aromatic rings. The first-order chi connectivity index (χ1) is 20.7. The van der Waals surface area contributed by atoms with E-state index in [4.69, 9.17) is 19.0 Å². The Morgan fingerprint density at radius 2 is 1.47 bits per heavy atom. The van der Waals surface area contributed by atoms with Crippen LogP contribution in [-0.4, -0.2) is 54.6 Å². The fraction of sp³-hybridized carbons (Fsp3) is 0.138. The summed E-state index contributed by atoms with van der Waals surface area (Å²) in [6, 6.07) is 22.0. The molecule has 0 fully saturated rings. The van der Waals surface area contributed by atoms with E-state index >= 15 is 0 Å². The Kier molecular flexibility index (Phi) is 8.87. The predicted molar refractivity (Wildman–Crippen MR) is 162 cm³/mol. The third kappa shape index (κ3) is 7.28. The van der Waals surface area contributed by atoms with Gasteiger partial charge in [0.05, 0.1) is 24.9 Å². The molecular formula is C29H26N6O6S2. The zero-order valence-electron chi connectivity index (χ0n) is 23.3. The van der Waals surface area contributed by atoms with Crippen molar-refractivity contribution in [3.05, 3.63) is 84.6 Å². The van der Waals surface area contributed by atoms with Crippen molar-refractivity contribution in [3.8, 4) is 34.0 Å². The van der Waals surface area contributed by atoms with Crippen LogP contribution in [0.1, 0.15) is 5.76 Å². The van der Waals surface area contributed by atoms with E-state index in [0.717, 1.165) is 22.9 Å². The van der Waals surface area contributed by atoms with E-state index in [1.54, 1.807) is 21.1 Å². The van der Waals surface area contributed by atoms with Gasteiger partial charge in [0.15, 0.2) is 5.82 Å². The largest absolute Gasteiger partial charge is 0.497 e. The molecule has 0 atom stereocenters. The number of sulfonamides is 1. The van der Waals surface area contributed by atoms with Gasteiger partial charge in [-0.05, 0) is 79.7 Å². The molecule has 0 saturated heterocycles. The molecule has 0 spiro atoms. The summed E-state index contributed by atoms with van der Waals surface area (Å²) in [6.45, 7) is 1.65. The van der Waals surface area contributed by atoms with Crippen molar-refractivity contribution >= 4 is 39.2 Å². The van der Waals surface area contributed by atoms with Crippen molar-refractivity contribution in [1.29, 1.82) is 0 Å². The summed E-state index contributed by atoms with van der Waals surface area (Å²) < 4.78 is 43.0. The molecule has 5 rings (SSSR count). The van der Waals surface area contributed by atoms with E-state index in [1.165, 1.54) is 30.3 Å². The minimum atomic E-state index is -3.88. The minimum absolute atomic E-state index is 0.00126. The van der Waals surface area contributed by atoms with E-state index in [2.05, 4.69) is 25.4 Å². The molecule has 0 aliphatic heterocycles. The quantitative estimate of drug-likeness (QED) is 0.191. The zero-order chi connectivity index (χ0) is 30.4. The van der Waals surface area contributed by atoms with E-state index in [1.807, 2.05) is 48.5 Å². The van der Waals surface area contributed by atoms with Gasteiger partial charge in [-0.1, -0.05) is 16.9 Å². The van der Waals surface area contributed by atoms with E-state index < -0.39 is 10.0 Å². The molecule has 0 unspecified atom stereocenters. The molecule has 0 radical (unpaired) electrons. The van der Waals surface area contributed by atoms with Gasteiger partial charge in [0, 0.05) is 22.9 Å². The summed E-state index contributed by atoms with van der Waals surface area (Å²) in [5, 5.41) is 15.4. The van der Waals surface area contributed by atoms with Crippen molar-refractivity contribution in [2.24, 2.45) is 0 Å². The van der Waals surface area contributed by atoms with Crippen LogP contribution in [0.2, 0.25) is 0 Å². The van der Waals surface area contributed by atoms with Gasteiger partial charge in [-0.3, -0.25) is 9.52 Å². The molecule has 0 aliphatic rings. The summed E-state index contributed by atoms with van der Waals surface area (Å²) in [5.74, 6) is 1.64. The van der Waals surface area contributed by atoms with Gasteiger partial charge in [-0.2, -0.15) is 0 Å². The van der Waals surface area contributed by atoms with Crippen molar-refractivity contribution in [2.75, 3.05) is 30.0 Å². The third-order valence-electron chi connectivity index (χ3n) is 6.04. The number of ether oxygens (including phenoxy) is 2. The van der Waals surface area contributed by atoms with Crippen LogP contribution < -0.4 is 19.5 Å². The number of aryl methyl sites for hydroxylation is 1. The molecule has 3 aromatic carbocycles. The number of aromatic nitrogens is 4. The molecule has 14 heteroatoms. The fourth-order valence-electron chi connectivity index (χ4n) is 3.92. The molecule has 0 aliphatic carbocycles. The molecular weight excluding hydrogens is 592 g/mol. The highest BCUT2D eigenvalue weighted by molar-refractivity contribution is 7.99. The molecule has 2 N–H and O–H groups in total. The van der Waals surface area contributed by atoms with Gasteiger partial charge in [0.25, 0.3) is 10.0 Å². The third-order valence-corrected chi connectivity index (χ3v) is 8.25. The maximum Gasteiger partial charge on any atom is 0.263 e. The lowest BCUT2D eigenvalue weighted by Crippen LogP contribution is -2.15. The molecule has 0 bridgehead atoms. The summed E-state index contributed by atoms with van der Waals surface area (Å²) >= 11 is 1.12. The van der Waals surface area contributed by atoms with Crippen LogP contribution >= 0.6 is 11.8 Å². The Balaban J connectivity index is 1.28. The number of carbonyl (C=O) groups is 1. The lowest BCUT2D eigenvalue weighted by atomic mass is 10.0. The van der Waals surface area contributed by atoms with E-state index in [9.17, 15) is 13.2 Å². The summed E-state index contributed by atoms with van der Waals surface area (Å²) in [7, 11) is -0.682. The average Bonchev–Trinajstić information content (AvgIpc) is 3.43. The lowest BCUT2D eigenvalue weighted by Gasteiger charge is -2.11. The number of carbonyl (C=O) groups excluding carboxylic acids is 1. The van der Waals surface area contributed by atoms with Crippen molar-refractivity contribution in [3.63, 3.8) is 0 Å². The monoisotopic (exact) mass is 618 g/mol. The van der Waals surface area contributed by atoms with Gasteiger partial charge in [0.2, 0.25) is 11.1 Å². The number of methoxy groups -OCH3 is 2. The highest BCUT2D eigenvalue weighted by Crippen LogP contribution is 2.32. The van der Waals surface area contributed by atoms with Crippen molar-refractivity contribution in [2.45, 2.75) is 17.0 Å². The standard InChI is InChI=1S/C29H26N6O6S2/c1-18-16-25(34-41-18)35-43(37,38)24-14-8-21(9-15-24)30-26(36)17-42-29-31-27(19-4-10-22(39-2)11-5-19)28(32-33-29)20-6-12-23(40-3)13-7-20/h4-16H,17H2,1-3H3,(H,30,36)(H,34,35). The highest BCUT2D eigenvalue weighted by Gasteiger charge is 2.18. The molecule has 2 aromatic heterocycles. The topological polar surface area (TPSA) is 158 Å². The highest BCUT2D eigenvalue weighted by atomic mass is 32.2. The summed E-state index contributed by atoms with van der Waals surface area (Å²) in [5.41, 5.74) is 3.20. The molecule has 12 nitrogen and oxygen atoms in total. The Morgan fingerprint density at radius 3 is 2.02 bits per heavy atom. The Hall–Kier alpha value is -4.95. The van der Waals surface area contributed by atoms with E-state index in [0.29, 0.717) is 39.5 Å².